The number of amides is 1. The van der Waals surface area contributed by atoms with Gasteiger partial charge in [-0.2, -0.15) is 0 Å². The molecule has 0 fully saturated rings. The third-order valence-corrected chi connectivity index (χ3v) is 3.62. The van der Waals surface area contributed by atoms with Crippen molar-refractivity contribution in [2.45, 2.75) is 44.4 Å². The lowest BCUT2D eigenvalue weighted by Crippen LogP contribution is -2.44. The standard InChI is InChI=1S/C11H21N5OS/c1-7(2)13-9(10(12)17)5-6-18-11-15-14-8(3)16(11)4/h7,9,13H,5-6H2,1-4H3,(H2,12,17). The van der Waals surface area contributed by atoms with Crippen molar-refractivity contribution >= 4 is 17.7 Å². The molecule has 1 aromatic heterocycles. The second-order valence-electron chi connectivity index (χ2n) is 4.50. The summed E-state index contributed by atoms with van der Waals surface area (Å²) in [6.45, 7) is 5.90. The maximum absolute atomic E-state index is 11.3. The molecule has 0 aliphatic heterocycles. The highest BCUT2D eigenvalue weighted by atomic mass is 32.2. The van der Waals surface area contributed by atoms with Crippen LogP contribution >= 0.6 is 11.8 Å². The summed E-state index contributed by atoms with van der Waals surface area (Å²) in [6.07, 6.45) is 0.685. The highest BCUT2D eigenvalue weighted by Crippen LogP contribution is 2.16. The Morgan fingerprint density at radius 1 is 1.50 bits per heavy atom. The van der Waals surface area contributed by atoms with Crippen LogP contribution in [0.25, 0.3) is 0 Å². The number of carbonyl (C=O) groups is 1. The minimum Gasteiger partial charge on any atom is -0.368 e. The molecular formula is C11H21N5OS. The minimum absolute atomic E-state index is 0.240. The van der Waals surface area contributed by atoms with E-state index in [9.17, 15) is 4.79 Å². The van der Waals surface area contributed by atoms with E-state index in [0.29, 0.717) is 6.42 Å². The van der Waals surface area contributed by atoms with Crippen LogP contribution in [0.2, 0.25) is 0 Å². The third-order valence-electron chi connectivity index (χ3n) is 2.57. The quantitative estimate of drug-likeness (QED) is 0.704. The number of aryl methyl sites for hydroxylation is 1. The Labute approximate surface area is 112 Å². The zero-order valence-corrected chi connectivity index (χ0v) is 12.1. The fourth-order valence-electron chi connectivity index (χ4n) is 1.49. The highest BCUT2D eigenvalue weighted by molar-refractivity contribution is 7.99. The number of nitrogens with zero attached hydrogens (tertiary/aromatic N) is 3. The molecule has 0 radical (unpaired) electrons. The number of rotatable bonds is 7. The summed E-state index contributed by atoms with van der Waals surface area (Å²) >= 11 is 1.58. The molecule has 0 aliphatic carbocycles. The van der Waals surface area contributed by atoms with Crippen molar-refractivity contribution in [2.75, 3.05) is 5.75 Å². The van der Waals surface area contributed by atoms with Gasteiger partial charge in [0, 0.05) is 18.8 Å². The number of nitrogens with two attached hydrogens (primary N) is 1. The van der Waals surface area contributed by atoms with Gasteiger partial charge in [0.25, 0.3) is 0 Å². The first-order valence-corrected chi connectivity index (χ1v) is 6.94. The third kappa shape index (κ3) is 4.30. The van der Waals surface area contributed by atoms with Crippen molar-refractivity contribution < 1.29 is 4.79 Å². The van der Waals surface area contributed by atoms with E-state index < -0.39 is 0 Å². The lowest BCUT2D eigenvalue weighted by molar-refractivity contribution is -0.120. The van der Waals surface area contributed by atoms with Crippen molar-refractivity contribution in [1.29, 1.82) is 0 Å². The molecule has 1 atom stereocenters. The molecule has 1 heterocycles. The number of hydrogen-bond acceptors (Lipinski definition) is 5. The largest absolute Gasteiger partial charge is 0.368 e. The van der Waals surface area contributed by atoms with Gasteiger partial charge in [-0.25, -0.2) is 0 Å². The Morgan fingerprint density at radius 2 is 2.17 bits per heavy atom. The van der Waals surface area contributed by atoms with Gasteiger partial charge in [-0.05, 0) is 13.3 Å². The van der Waals surface area contributed by atoms with E-state index in [4.69, 9.17) is 5.73 Å². The Balaban J connectivity index is 2.44. The second-order valence-corrected chi connectivity index (χ2v) is 5.56. The molecule has 0 saturated carbocycles. The van der Waals surface area contributed by atoms with E-state index >= 15 is 0 Å². The molecule has 0 bridgehead atoms. The first kappa shape index (κ1) is 15.0. The van der Waals surface area contributed by atoms with Gasteiger partial charge < -0.3 is 15.6 Å². The van der Waals surface area contributed by atoms with Gasteiger partial charge in [-0.15, -0.1) is 10.2 Å². The summed E-state index contributed by atoms with van der Waals surface area (Å²) in [4.78, 5) is 11.3. The number of aromatic nitrogens is 3. The van der Waals surface area contributed by atoms with Crippen molar-refractivity contribution in [3.63, 3.8) is 0 Å². The van der Waals surface area contributed by atoms with Crippen molar-refractivity contribution in [2.24, 2.45) is 12.8 Å². The van der Waals surface area contributed by atoms with Gasteiger partial charge in [-0.1, -0.05) is 25.6 Å². The second kappa shape index (κ2) is 6.75. The van der Waals surface area contributed by atoms with Crippen LogP contribution in [-0.2, 0) is 11.8 Å². The van der Waals surface area contributed by atoms with Gasteiger partial charge in [0.1, 0.15) is 5.82 Å². The molecule has 1 aromatic rings. The van der Waals surface area contributed by atoms with Crippen LogP contribution in [0.3, 0.4) is 0 Å². The number of hydrogen-bond donors (Lipinski definition) is 2. The van der Waals surface area contributed by atoms with Gasteiger partial charge in [-0.3, -0.25) is 4.79 Å². The average Bonchev–Trinajstić information content (AvgIpc) is 2.58. The zero-order chi connectivity index (χ0) is 13.7. The molecule has 7 heteroatoms. The van der Waals surface area contributed by atoms with Crippen LogP contribution in [0.5, 0.6) is 0 Å². The molecule has 6 nitrogen and oxygen atoms in total. The number of carbonyl (C=O) groups excluding carboxylic acids is 1. The fourth-order valence-corrected chi connectivity index (χ4v) is 2.45. The molecule has 1 rings (SSSR count). The molecule has 1 amide bonds. The van der Waals surface area contributed by atoms with E-state index in [1.807, 2.05) is 32.4 Å². The predicted octanol–water partition coefficient (Wildman–Crippen LogP) is 0.458. The zero-order valence-electron chi connectivity index (χ0n) is 11.3. The lowest BCUT2D eigenvalue weighted by atomic mass is 10.2. The van der Waals surface area contributed by atoms with Crippen molar-refractivity contribution in [3.8, 4) is 0 Å². The lowest BCUT2D eigenvalue weighted by Gasteiger charge is -2.17. The summed E-state index contributed by atoms with van der Waals surface area (Å²) in [5, 5.41) is 12.1. The monoisotopic (exact) mass is 271 g/mol. The Morgan fingerprint density at radius 3 is 2.61 bits per heavy atom. The average molecular weight is 271 g/mol. The van der Waals surface area contributed by atoms with Gasteiger partial charge in [0.05, 0.1) is 6.04 Å². The smallest absolute Gasteiger partial charge is 0.234 e. The molecule has 3 N–H and O–H groups in total. The van der Waals surface area contributed by atoms with E-state index in [1.165, 1.54) is 0 Å². The number of primary amides is 1. The summed E-state index contributed by atoms with van der Waals surface area (Å²) in [7, 11) is 1.93. The van der Waals surface area contributed by atoms with Gasteiger partial charge in [0.15, 0.2) is 5.16 Å². The van der Waals surface area contributed by atoms with Crippen LogP contribution in [0.4, 0.5) is 0 Å². The summed E-state index contributed by atoms with van der Waals surface area (Å²) in [5.74, 6) is 1.35. The SMILES string of the molecule is Cc1nnc(SCCC(NC(C)C)C(N)=O)n1C. The molecule has 1 unspecified atom stereocenters. The van der Waals surface area contributed by atoms with Crippen LogP contribution in [0.1, 0.15) is 26.1 Å². The molecule has 0 spiro atoms. The predicted molar refractivity (Wildman–Crippen MR) is 72.3 cm³/mol. The maximum Gasteiger partial charge on any atom is 0.234 e. The molecule has 0 aromatic carbocycles. The van der Waals surface area contributed by atoms with Crippen molar-refractivity contribution in [3.05, 3.63) is 5.82 Å². The molecule has 18 heavy (non-hydrogen) atoms. The Hall–Kier alpha value is -1.08. The summed E-state index contributed by atoms with van der Waals surface area (Å²) < 4.78 is 1.93. The van der Waals surface area contributed by atoms with E-state index in [-0.39, 0.29) is 18.0 Å². The van der Waals surface area contributed by atoms with Crippen molar-refractivity contribution in [1.82, 2.24) is 20.1 Å². The first-order chi connectivity index (χ1) is 8.41. The van der Waals surface area contributed by atoms with Gasteiger partial charge >= 0.3 is 0 Å². The highest BCUT2D eigenvalue weighted by Gasteiger charge is 2.16. The van der Waals surface area contributed by atoms with Crippen LogP contribution < -0.4 is 11.1 Å². The molecule has 0 aliphatic rings. The summed E-state index contributed by atoms with van der Waals surface area (Å²) in [6, 6.07) is -0.0450. The van der Waals surface area contributed by atoms with Crippen LogP contribution in [0, 0.1) is 6.92 Å². The Kier molecular flexibility index (Phi) is 5.61. The maximum atomic E-state index is 11.3. The normalized spacial score (nSPS) is 12.9. The summed E-state index contributed by atoms with van der Waals surface area (Å²) in [5.41, 5.74) is 5.35. The first-order valence-electron chi connectivity index (χ1n) is 5.96. The van der Waals surface area contributed by atoms with Gasteiger partial charge in [0.2, 0.25) is 5.91 Å². The van der Waals surface area contributed by atoms with Crippen LogP contribution in [0.15, 0.2) is 5.16 Å². The molecule has 102 valence electrons. The molecule has 0 saturated heterocycles. The minimum atomic E-state index is -0.307. The number of nitrogens with one attached hydrogen (secondary N) is 1. The number of thioether (sulfide) groups is 1. The topological polar surface area (TPSA) is 85.8 Å². The van der Waals surface area contributed by atoms with E-state index in [2.05, 4.69) is 15.5 Å². The van der Waals surface area contributed by atoms with E-state index in [0.717, 1.165) is 16.7 Å². The molecular weight excluding hydrogens is 250 g/mol. The van der Waals surface area contributed by atoms with Crippen LogP contribution in [-0.4, -0.2) is 38.5 Å². The fraction of sp³-hybridized carbons (Fsp3) is 0.727. The van der Waals surface area contributed by atoms with E-state index in [1.54, 1.807) is 11.8 Å². The Bertz CT molecular complexity index is 404.